The largest absolute Gasteiger partial charge is 0.494 e. The topological polar surface area (TPSA) is 99.1 Å². The van der Waals surface area contributed by atoms with E-state index < -0.39 is 17.9 Å². The number of carboxylic acid groups (broad SMARTS) is 1. The molecule has 1 N–H and O–H groups in total. The maximum absolute atomic E-state index is 12.5. The van der Waals surface area contributed by atoms with Crippen molar-refractivity contribution in [3.63, 3.8) is 0 Å². The van der Waals surface area contributed by atoms with E-state index in [1.807, 2.05) is 0 Å². The lowest BCUT2D eigenvalue weighted by Gasteiger charge is -2.08. The van der Waals surface area contributed by atoms with Crippen LogP contribution in [-0.2, 0) is 0 Å². The Kier molecular flexibility index (Phi) is 12.7. The van der Waals surface area contributed by atoms with Gasteiger partial charge in [0.05, 0.1) is 23.3 Å². The van der Waals surface area contributed by atoms with E-state index in [9.17, 15) is 14.4 Å². The van der Waals surface area contributed by atoms with Crippen LogP contribution in [0.5, 0.6) is 17.2 Å². The summed E-state index contributed by atoms with van der Waals surface area (Å²) in [5.41, 5.74) is 0.739. The van der Waals surface area contributed by atoms with Crippen molar-refractivity contribution in [3.05, 3.63) is 89.5 Å². The van der Waals surface area contributed by atoms with Gasteiger partial charge in [-0.05, 0) is 79.2 Å². The number of carbonyl (C=O) groups excluding carboxylic acids is 2. The minimum absolute atomic E-state index is 0.0949. The second kappa shape index (κ2) is 16.7. The molecule has 0 atom stereocenters. The Labute approximate surface area is 236 Å². The van der Waals surface area contributed by atoms with E-state index in [-0.39, 0.29) is 22.6 Å². The first-order valence-electron chi connectivity index (χ1n) is 14.1. The molecule has 40 heavy (non-hydrogen) atoms. The van der Waals surface area contributed by atoms with Gasteiger partial charge in [-0.25, -0.2) is 14.4 Å². The van der Waals surface area contributed by atoms with Gasteiger partial charge >= 0.3 is 17.9 Å². The summed E-state index contributed by atoms with van der Waals surface area (Å²) in [7, 11) is 0. The normalized spacial score (nSPS) is 10.6. The van der Waals surface area contributed by atoms with Gasteiger partial charge in [0.15, 0.2) is 0 Å². The van der Waals surface area contributed by atoms with Crippen molar-refractivity contribution in [2.45, 2.75) is 71.1 Å². The van der Waals surface area contributed by atoms with Gasteiger partial charge in [-0.1, -0.05) is 64.7 Å². The molecule has 0 unspecified atom stereocenters. The highest BCUT2D eigenvalue weighted by Gasteiger charge is 2.12. The van der Waals surface area contributed by atoms with Crippen LogP contribution in [0.25, 0.3) is 0 Å². The molecule has 0 aromatic heterocycles. The van der Waals surface area contributed by atoms with Crippen LogP contribution < -0.4 is 14.2 Å². The lowest BCUT2D eigenvalue weighted by Crippen LogP contribution is -2.10. The fraction of sp³-hybridized carbons (Fsp3) is 0.364. The smallest absolute Gasteiger partial charge is 0.343 e. The lowest BCUT2D eigenvalue weighted by atomic mass is 10.1. The number of hydrogen-bond donors (Lipinski definition) is 1. The van der Waals surface area contributed by atoms with E-state index in [1.165, 1.54) is 99.9 Å². The fourth-order valence-corrected chi connectivity index (χ4v) is 4.12. The van der Waals surface area contributed by atoms with E-state index in [2.05, 4.69) is 6.92 Å². The second-order valence-corrected chi connectivity index (χ2v) is 9.69. The predicted molar refractivity (Wildman–Crippen MR) is 154 cm³/mol. The van der Waals surface area contributed by atoms with Gasteiger partial charge in [0.2, 0.25) is 0 Å². The lowest BCUT2D eigenvalue weighted by molar-refractivity contribution is 0.0694. The summed E-state index contributed by atoms with van der Waals surface area (Å²) >= 11 is 0. The van der Waals surface area contributed by atoms with E-state index in [0.29, 0.717) is 17.9 Å². The number of hydrogen-bond acceptors (Lipinski definition) is 6. The van der Waals surface area contributed by atoms with Crippen molar-refractivity contribution in [1.82, 2.24) is 0 Å². The summed E-state index contributed by atoms with van der Waals surface area (Å²) in [6.45, 7) is 2.90. The molecule has 3 aromatic carbocycles. The summed E-state index contributed by atoms with van der Waals surface area (Å²) in [5.74, 6) is -0.973. The van der Waals surface area contributed by atoms with Crippen LogP contribution in [0.15, 0.2) is 72.8 Å². The molecular formula is C33H38O7. The number of aromatic carboxylic acids is 1. The molecule has 0 spiro atoms. The highest BCUT2D eigenvalue weighted by molar-refractivity contribution is 5.93. The van der Waals surface area contributed by atoms with Gasteiger partial charge in [0.25, 0.3) is 0 Å². The van der Waals surface area contributed by atoms with Crippen LogP contribution in [0.2, 0.25) is 0 Å². The highest BCUT2D eigenvalue weighted by atomic mass is 16.5. The van der Waals surface area contributed by atoms with Crippen LogP contribution in [0, 0.1) is 0 Å². The second-order valence-electron chi connectivity index (χ2n) is 9.69. The maximum atomic E-state index is 12.5. The van der Waals surface area contributed by atoms with Gasteiger partial charge in [0.1, 0.15) is 17.2 Å². The van der Waals surface area contributed by atoms with Crippen molar-refractivity contribution < 1.29 is 33.7 Å². The quantitative estimate of drug-likeness (QED) is 0.104. The van der Waals surface area contributed by atoms with E-state index in [0.717, 1.165) is 12.8 Å². The third-order valence-electron chi connectivity index (χ3n) is 6.47. The Morgan fingerprint density at radius 1 is 0.525 bits per heavy atom. The number of benzene rings is 3. The standard InChI is InChI=1S/C33H38O7/c1-2-3-4-5-6-7-8-9-10-11-24-38-28-18-14-26(15-19-28)32(36)40-30-22-16-27(17-23-30)33(37)39-29-20-12-25(13-21-29)31(34)35/h12-23H,2-11,24H2,1H3,(H,34,35). The Balaban J connectivity index is 1.35. The third-order valence-corrected chi connectivity index (χ3v) is 6.47. The maximum Gasteiger partial charge on any atom is 0.343 e. The fourth-order valence-electron chi connectivity index (χ4n) is 4.12. The molecule has 212 valence electrons. The first-order chi connectivity index (χ1) is 19.5. The molecule has 0 heterocycles. The van der Waals surface area contributed by atoms with E-state index in [1.54, 1.807) is 24.3 Å². The molecule has 0 aliphatic heterocycles. The molecule has 0 saturated heterocycles. The average Bonchev–Trinajstić information content (AvgIpc) is 2.97. The van der Waals surface area contributed by atoms with Gasteiger partial charge in [0, 0.05) is 0 Å². The van der Waals surface area contributed by atoms with Gasteiger partial charge in [-0.2, -0.15) is 0 Å². The predicted octanol–water partition coefficient (Wildman–Crippen LogP) is 8.12. The number of carboxylic acids is 1. The molecule has 3 aromatic rings. The Hall–Kier alpha value is -4.13. The van der Waals surface area contributed by atoms with Crippen molar-refractivity contribution in [2.24, 2.45) is 0 Å². The Bertz CT molecular complexity index is 1200. The summed E-state index contributed by atoms with van der Waals surface area (Å²) in [4.78, 5) is 35.8. The molecule has 0 bridgehead atoms. The number of esters is 2. The first kappa shape index (κ1) is 30.4. The summed E-state index contributed by atoms with van der Waals surface area (Å²) < 4.78 is 16.5. The zero-order chi connectivity index (χ0) is 28.6. The van der Waals surface area contributed by atoms with Gasteiger partial charge in [-0.3, -0.25) is 0 Å². The molecule has 0 aliphatic rings. The Morgan fingerprint density at radius 2 is 0.900 bits per heavy atom. The third kappa shape index (κ3) is 10.6. The zero-order valence-corrected chi connectivity index (χ0v) is 23.1. The molecule has 0 amide bonds. The van der Waals surface area contributed by atoms with Crippen molar-refractivity contribution in [2.75, 3.05) is 6.61 Å². The average molecular weight is 547 g/mol. The van der Waals surface area contributed by atoms with Gasteiger partial charge in [-0.15, -0.1) is 0 Å². The summed E-state index contributed by atoms with van der Waals surface area (Å²) in [6.07, 6.45) is 12.8. The number of ether oxygens (including phenoxy) is 3. The Morgan fingerprint density at radius 3 is 1.32 bits per heavy atom. The van der Waals surface area contributed by atoms with Crippen LogP contribution >= 0.6 is 0 Å². The van der Waals surface area contributed by atoms with Gasteiger partial charge < -0.3 is 19.3 Å². The molecule has 7 nitrogen and oxygen atoms in total. The van der Waals surface area contributed by atoms with Crippen LogP contribution in [-0.4, -0.2) is 29.6 Å². The molecule has 0 saturated carbocycles. The molecular weight excluding hydrogens is 508 g/mol. The SMILES string of the molecule is CCCCCCCCCCCCOc1ccc(C(=O)Oc2ccc(C(=O)Oc3ccc(C(=O)O)cc3)cc2)cc1. The molecule has 0 fully saturated rings. The van der Waals surface area contributed by atoms with Crippen LogP contribution in [0.4, 0.5) is 0 Å². The van der Waals surface area contributed by atoms with Crippen molar-refractivity contribution in [3.8, 4) is 17.2 Å². The molecule has 0 radical (unpaired) electrons. The monoisotopic (exact) mass is 546 g/mol. The number of rotatable bonds is 17. The molecule has 3 rings (SSSR count). The molecule has 7 heteroatoms. The summed E-state index contributed by atoms with van der Waals surface area (Å²) in [5, 5.41) is 8.95. The first-order valence-corrected chi connectivity index (χ1v) is 14.1. The number of carbonyl (C=O) groups is 3. The zero-order valence-electron chi connectivity index (χ0n) is 23.1. The van der Waals surface area contributed by atoms with Crippen LogP contribution in [0.1, 0.15) is 102 Å². The van der Waals surface area contributed by atoms with Crippen LogP contribution in [0.3, 0.4) is 0 Å². The van der Waals surface area contributed by atoms with E-state index >= 15 is 0 Å². The van der Waals surface area contributed by atoms with Crippen molar-refractivity contribution >= 4 is 17.9 Å². The minimum Gasteiger partial charge on any atom is -0.494 e. The molecule has 0 aliphatic carbocycles. The minimum atomic E-state index is -1.06. The van der Waals surface area contributed by atoms with E-state index in [4.69, 9.17) is 19.3 Å². The van der Waals surface area contributed by atoms with Crippen molar-refractivity contribution in [1.29, 1.82) is 0 Å². The number of unbranched alkanes of at least 4 members (excludes halogenated alkanes) is 9. The summed E-state index contributed by atoms with van der Waals surface area (Å²) in [6, 6.07) is 18.4. The highest BCUT2D eigenvalue weighted by Crippen LogP contribution is 2.19.